The first-order valence-electron chi connectivity index (χ1n) is 13.0. The van der Waals surface area contributed by atoms with Gasteiger partial charge in [0.25, 0.3) is 0 Å². The molecule has 1 unspecified atom stereocenters. The normalized spacial score (nSPS) is 12.8. The Balaban J connectivity index is 0. The van der Waals surface area contributed by atoms with Crippen LogP contribution in [0.5, 0.6) is 0 Å². The molecule has 32 heavy (non-hydrogen) atoms. The zero-order valence-electron chi connectivity index (χ0n) is 21.5. The van der Waals surface area contributed by atoms with E-state index in [1.165, 1.54) is 104 Å². The van der Waals surface area contributed by atoms with E-state index in [-0.39, 0.29) is 5.91 Å². The highest BCUT2D eigenvalue weighted by atomic mass is 31.2. The summed E-state index contributed by atoms with van der Waals surface area (Å²) in [6.07, 6.45) is 21.9. The Morgan fingerprint density at radius 2 is 1.09 bits per heavy atom. The van der Waals surface area contributed by atoms with Crippen LogP contribution in [0.15, 0.2) is 0 Å². The molecule has 0 aliphatic heterocycles. The van der Waals surface area contributed by atoms with Gasteiger partial charge in [-0.15, -0.1) is 0 Å². The second-order valence-electron chi connectivity index (χ2n) is 9.71. The van der Waals surface area contributed by atoms with E-state index in [4.69, 9.17) is 15.5 Å². The van der Waals surface area contributed by atoms with Crippen LogP contribution in [-0.2, 0) is 9.36 Å². The Labute approximate surface area is 198 Å². The summed E-state index contributed by atoms with van der Waals surface area (Å²) in [7, 11) is -4.16. The molecule has 5 N–H and O–H groups in total. The van der Waals surface area contributed by atoms with E-state index in [2.05, 4.69) is 6.92 Å². The zero-order chi connectivity index (χ0) is 24.9. The average Bonchev–Trinajstić information content (AvgIpc) is 2.67. The molecule has 0 aliphatic carbocycles. The van der Waals surface area contributed by atoms with Gasteiger partial charge in [0.05, 0.1) is 11.3 Å². The van der Waals surface area contributed by atoms with Crippen molar-refractivity contribution in [3.8, 4) is 0 Å². The SMILES string of the molecule is CCCC(C(C)(C)O)P(=O)(O)O.CCCCCCCCCCCCCCCCCC(N)=O. The molecular weight excluding hydrogens is 425 g/mol. The maximum absolute atomic E-state index is 10.9. The van der Waals surface area contributed by atoms with Gasteiger partial charge in [0.1, 0.15) is 0 Å². The van der Waals surface area contributed by atoms with E-state index in [9.17, 15) is 14.5 Å². The molecule has 7 heteroatoms. The molecule has 6 nitrogen and oxygen atoms in total. The lowest BCUT2D eigenvalue weighted by Crippen LogP contribution is -2.35. The first-order valence-corrected chi connectivity index (χ1v) is 14.7. The highest BCUT2D eigenvalue weighted by molar-refractivity contribution is 7.52. The van der Waals surface area contributed by atoms with Crippen molar-refractivity contribution >= 4 is 13.5 Å². The summed E-state index contributed by atoms with van der Waals surface area (Å²) in [4.78, 5) is 28.3. The Hall–Kier alpha value is -0.420. The van der Waals surface area contributed by atoms with Crippen molar-refractivity contribution in [1.82, 2.24) is 0 Å². The van der Waals surface area contributed by atoms with Crippen LogP contribution in [0.2, 0.25) is 0 Å². The summed E-state index contributed by atoms with van der Waals surface area (Å²) in [5.41, 5.74) is 2.85. The standard InChI is InChI=1S/C18H37NO.C7H17O4P/c1-2-3-4-5-6-7-8-9-10-11-12-13-14-15-16-17-18(19)20;1-4-5-6(7(2,3)8)12(9,10)11/h2-17H2,1H3,(H2,19,20);6,8H,4-5H2,1-3H3,(H2,9,10,11). The number of primary amides is 1. The second kappa shape index (κ2) is 21.1. The third kappa shape index (κ3) is 24.2. The summed E-state index contributed by atoms with van der Waals surface area (Å²) in [6, 6.07) is 0. The van der Waals surface area contributed by atoms with Gasteiger partial charge in [-0.05, 0) is 26.7 Å². The number of carbonyl (C=O) groups is 1. The molecule has 0 aromatic rings. The van der Waals surface area contributed by atoms with Gasteiger partial charge in [-0.3, -0.25) is 9.36 Å². The van der Waals surface area contributed by atoms with E-state index in [1.807, 2.05) is 6.92 Å². The van der Waals surface area contributed by atoms with Gasteiger partial charge < -0.3 is 20.6 Å². The van der Waals surface area contributed by atoms with Crippen LogP contribution in [0.1, 0.15) is 143 Å². The number of amides is 1. The van der Waals surface area contributed by atoms with Crippen molar-refractivity contribution < 1.29 is 24.3 Å². The Bertz CT molecular complexity index is 473. The van der Waals surface area contributed by atoms with Crippen LogP contribution in [0.4, 0.5) is 0 Å². The molecule has 0 saturated heterocycles. The van der Waals surface area contributed by atoms with Gasteiger partial charge in [0, 0.05) is 6.42 Å². The summed E-state index contributed by atoms with van der Waals surface area (Å²) in [6.45, 7) is 6.95. The van der Waals surface area contributed by atoms with E-state index < -0.39 is 18.9 Å². The van der Waals surface area contributed by atoms with Crippen molar-refractivity contribution in [3.63, 3.8) is 0 Å². The van der Waals surface area contributed by atoms with Crippen molar-refractivity contribution in [2.24, 2.45) is 5.73 Å². The number of rotatable bonds is 20. The van der Waals surface area contributed by atoms with Gasteiger partial charge in [-0.2, -0.15) is 0 Å². The largest absolute Gasteiger partial charge is 0.390 e. The van der Waals surface area contributed by atoms with Crippen molar-refractivity contribution in [3.05, 3.63) is 0 Å². The molecule has 1 atom stereocenters. The number of hydrogen-bond donors (Lipinski definition) is 4. The fraction of sp³-hybridized carbons (Fsp3) is 0.960. The molecule has 1 amide bonds. The fourth-order valence-corrected chi connectivity index (χ4v) is 5.29. The Kier molecular flexibility index (Phi) is 22.3. The number of carbonyl (C=O) groups excluding carboxylic acids is 1. The molecule has 0 bridgehead atoms. The number of nitrogens with two attached hydrogens (primary N) is 1. The van der Waals surface area contributed by atoms with Gasteiger partial charge in [-0.1, -0.05) is 110 Å². The minimum Gasteiger partial charge on any atom is -0.390 e. The number of unbranched alkanes of at least 4 members (excludes halogenated alkanes) is 14. The van der Waals surface area contributed by atoms with E-state index in [1.54, 1.807) is 0 Å². The Morgan fingerprint density at radius 3 is 1.31 bits per heavy atom. The molecule has 0 fully saturated rings. The smallest absolute Gasteiger partial charge is 0.331 e. The Morgan fingerprint density at radius 1 is 0.750 bits per heavy atom. The van der Waals surface area contributed by atoms with Crippen molar-refractivity contribution in [2.45, 2.75) is 155 Å². The molecule has 0 rings (SSSR count). The molecule has 0 radical (unpaired) electrons. The summed E-state index contributed by atoms with van der Waals surface area (Å²) in [5.74, 6) is -0.153. The molecule has 0 spiro atoms. The minimum absolute atomic E-state index is 0.153. The zero-order valence-corrected chi connectivity index (χ0v) is 22.4. The highest BCUT2D eigenvalue weighted by Crippen LogP contribution is 2.48. The topological polar surface area (TPSA) is 121 Å². The molecule has 0 aromatic heterocycles. The van der Waals surface area contributed by atoms with Crippen LogP contribution in [0.25, 0.3) is 0 Å². The van der Waals surface area contributed by atoms with Gasteiger partial charge in [0.15, 0.2) is 0 Å². The highest BCUT2D eigenvalue weighted by Gasteiger charge is 2.39. The van der Waals surface area contributed by atoms with Crippen LogP contribution in [0.3, 0.4) is 0 Å². The second-order valence-corrected chi connectivity index (χ2v) is 11.5. The summed E-state index contributed by atoms with van der Waals surface area (Å²) >= 11 is 0. The molecule has 0 heterocycles. The lowest BCUT2D eigenvalue weighted by Gasteiger charge is -2.29. The van der Waals surface area contributed by atoms with Gasteiger partial charge in [0.2, 0.25) is 5.91 Å². The first kappa shape index (κ1) is 33.8. The maximum atomic E-state index is 10.9. The molecule has 0 saturated carbocycles. The van der Waals surface area contributed by atoms with Crippen molar-refractivity contribution in [1.29, 1.82) is 0 Å². The first-order chi connectivity index (χ1) is 15.0. The third-order valence-corrected chi connectivity index (χ3v) is 7.51. The van der Waals surface area contributed by atoms with E-state index >= 15 is 0 Å². The van der Waals surface area contributed by atoms with Gasteiger partial charge >= 0.3 is 7.60 Å². The van der Waals surface area contributed by atoms with Crippen LogP contribution in [0, 0.1) is 0 Å². The van der Waals surface area contributed by atoms with Crippen molar-refractivity contribution in [2.75, 3.05) is 0 Å². The fourth-order valence-electron chi connectivity index (χ4n) is 3.88. The molecule has 0 aromatic carbocycles. The van der Waals surface area contributed by atoms with E-state index in [0.717, 1.165) is 6.42 Å². The maximum Gasteiger partial charge on any atom is 0.331 e. The summed E-state index contributed by atoms with van der Waals surface area (Å²) < 4.78 is 10.9. The van der Waals surface area contributed by atoms with Gasteiger partial charge in [-0.25, -0.2) is 0 Å². The van der Waals surface area contributed by atoms with E-state index in [0.29, 0.717) is 19.3 Å². The lowest BCUT2D eigenvalue weighted by atomic mass is 10.0. The minimum atomic E-state index is -4.16. The molecule has 194 valence electrons. The third-order valence-electron chi connectivity index (χ3n) is 5.81. The monoisotopic (exact) mass is 479 g/mol. The summed E-state index contributed by atoms with van der Waals surface area (Å²) in [5, 5.41) is 9.45. The van der Waals surface area contributed by atoms with Crippen LogP contribution >= 0.6 is 7.60 Å². The predicted molar refractivity (Wildman–Crippen MR) is 136 cm³/mol. The van der Waals surface area contributed by atoms with Crippen LogP contribution in [-0.4, -0.2) is 32.1 Å². The average molecular weight is 480 g/mol. The molecule has 0 aliphatic rings. The lowest BCUT2D eigenvalue weighted by molar-refractivity contribution is -0.118. The quantitative estimate of drug-likeness (QED) is 0.113. The van der Waals surface area contributed by atoms with Crippen LogP contribution < -0.4 is 5.73 Å². The number of hydrogen-bond acceptors (Lipinski definition) is 3. The molecular formula is C25H54NO5P. The number of aliphatic hydroxyl groups is 1. The predicted octanol–water partition coefficient (Wildman–Crippen LogP) is 6.84.